The molecule has 1 atom stereocenters. The molecule has 0 unspecified atom stereocenters. The monoisotopic (exact) mass is 260 g/mol. The fourth-order valence-electron chi connectivity index (χ4n) is 2.64. The van der Waals surface area contributed by atoms with Gasteiger partial charge in [-0.05, 0) is 19.3 Å². The Hall–Kier alpha value is -0.620. The second-order valence-electron chi connectivity index (χ2n) is 5.10. The average molecular weight is 260 g/mol. The molecule has 1 heterocycles. The standard InChI is InChI=1S/C11H20N2O3S/c12-9-5-6-13(7-9)11(14)8-17(15,16)10-3-1-2-4-10/h9-10H,1-8,12H2/t9-/m1/s1. The number of amides is 1. The molecule has 1 amide bonds. The molecule has 0 spiro atoms. The van der Waals surface area contributed by atoms with Crippen molar-refractivity contribution >= 4 is 15.7 Å². The Labute approximate surface area is 102 Å². The molecular weight excluding hydrogens is 240 g/mol. The predicted octanol–water partition coefficient (Wildman–Crippen LogP) is -0.0966. The van der Waals surface area contributed by atoms with Gasteiger partial charge in [0.25, 0.3) is 0 Å². The Morgan fingerprint density at radius 1 is 1.24 bits per heavy atom. The minimum atomic E-state index is -3.25. The van der Waals surface area contributed by atoms with Gasteiger partial charge in [0.05, 0.1) is 5.25 Å². The fourth-order valence-corrected chi connectivity index (χ4v) is 4.46. The summed E-state index contributed by atoms with van der Waals surface area (Å²) in [6.07, 6.45) is 4.14. The summed E-state index contributed by atoms with van der Waals surface area (Å²) in [5.74, 6) is -0.602. The van der Waals surface area contributed by atoms with Gasteiger partial charge in [0, 0.05) is 19.1 Å². The summed E-state index contributed by atoms with van der Waals surface area (Å²) in [5.41, 5.74) is 5.71. The molecule has 5 nitrogen and oxygen atoms in total. The lowest BCUT2D eigenvalue weighted by molar-refractivity contribution is -0.127. The highest BCUT2D eigenvalue weighted by Crippen LogP contribution is 2.25. The number of nitrogens with zero attached hydrogens (tertiary/aromatic N) is 1. The molecule has 1 saturated heterocycles. The first kappa shape index (κ1) is 12.8. The molecule has 2 rings (SSSR count). The number of carbonyl (C=O) groups is 1. The Kier molecular flexibility index (Phi) is 3.73. The van der Waals surface area contributed by atoms with Crippen molar-refractivity contribution in [3.8, 4) is 0 Å². The summed E-state index contributed by atoms with van der Waals surface area (Å²) < 4.78 is 24.0. The van der Waals surface area contributed by atoms with E-state index >= 15 is 0 Å². The van der Waals surface area contributed by atoms with Gasteiger partial charge in [-0.25, -0.2) is 8.42 Å². The van der Waals surface area contributed by atoms with Crippen LogP contribution >= 0.6 is 0 Å². The topological polar surface area (TPSA) is 80.5 Å². The van der Waals surface area contributed by atoms with Crippen LogP contribution in [-0.2, 0) is 14.6 Å². The van der Waals surface area contributed by atoms with Crippen molar-refractivity contribution < 1.29 is 13.2 Å². The van der Waals surface area contributed by atoms with E-state index in [1.807, 2.05) is 0 Å². The highest BCUT2D eigenvalue weighted by molar-refractivity contribution is 7.92. The number of hydrogen-bond acceptors (Lipinski definition) is 4. The molecule has 1 saturated carbocycles. The number of rotatable bonds is 3. The molecule has 0 aromatic carbocycles. The van der Waals surface area contributed by atoms with Crippen molar-refractivity contribution in [2.45, 2.75) is 43.4 Å². The van der Waals surface area contributed by atoms with Crippen LogP contribution in [0.4, 0.5) is 0 Å². The lowest BCUT2D eigenvalue weighted by Crippen LogP contribution is -2.38. The van der Waals surface area contributed by atoms with Gasteiger partial charge < -0.3 is 10.6 Å². The first-order valence-corrected chi connectivity index (χ1v) is 7.95. The number of sulfone groups is 1. The van der Waals surface area contributed by atoms with Crippen LogP contribution < -0.4 is 5.73 Å². The first-order valence-electron chi connectivity index (χ1n) is 6.24. The molecule has 0 bridgehead atoms. The minimum absolute atomic E-state index is 0.00753. The molecule has 0 aromatic heterocycles. The van der Waals surface area contributed by atoms with Crippen LogP contribution in [0.2, 0.25) is 0 Å². The van der Waals surface area contributed by atoms with Crippen LogP contribution in [0.3, 0.4) is 0 Å². The van der Waals surface area contributed by atoms with Crippen LogP contribution in [-0.4, -0.2) is 49.4 Å². The largest absolute Gasteiger partial charge is 0.340 e. The molecule has 17 heavy (non-hydrogen) atoms. The van der Waals surface area contributed by atoms with E-state index in [2.05, 4.69) is 0 Å². The average Bonchev–Trinajstić information content (AvgIpc) is 2.86. The third-order valence-electron chi connectivity index (χ3n) is 3.71. The van der Waals surface area contributed by atoms with Crippen molar-refractivity contribution in [2.75, 3.05) is 18.8 Å². The molecule has 0 aromatic rings. The van der Waals surface area contributed by atoms with Gasteiger partial charge in [-0.1, -0.05) is 12.8 Å². The van der Waals surface area contributed by atoms with Crippen LogP contribution in [0, 0.1) is 0 Å². The quantitative estimate of drug-likeness (QED) is 0.768. The van der Waals surface area contributed by atoms with Crippen molar-refractivity contribution in [1.82, 2.24) is 4.90 Å². The summed E-state index contributed by atoms with van der Waals surface area (Å²) >= 11 is 0. The van der Waals surface area contributed by atoms with Crippen molar-refractivity contribution in [1.29, 1.82) is 0 Å². The van der Waals surface area contributed by atoms with E-state index in [9.17, 15) is 13.2 Å². The summed E-state index contributed by atoms with van der Waals surface area (Å²) in [6.45, 7) is 1.10. The van der Waals surface area contributed by atoms with E-state index in [1.165, 1.54) is 0 Å². The number of hydrogen-bond donors (Lipinski definition) is 1. The van der Waals surface area contributed by atoms with Crippen LogP contribution in [0.1, 0.15) is 32.1 Å². The Bertz CT molecular complexity index is 388. The maximum absolute atomic E-state index is 12.0. The maximum Gasteiger partial charge on any atom is 0.237 e. The highest BCUT2D eigenvalue weighted by atomic mass is 32.2. The summed E-state index contributed by atoms with van der Waals surface area (Å²) in [6, 6.07) is 0.00753. The van der Waals surface area contributed by atoms with Crippen molar-refractivity contribution in [3.05, 3.63) is 0 Å². The van der Waals surface area contributed by atoms with E-state index in [4.69, 9.17) is 5.73 Å². The second-order valence-corrected chi connectivity index (χ2v) is 7.38. The molecule has 1 aliphatic carbocycles. The Balaban J connectivity index is 1.93. The van der Waals surface area contributed by atoms with Gasteiger partial charge in [0.1, 0.15) is 5.75 Å². The molecule has 0 radical (unpaired) electrons. The van der Waals surface area contributed by atoms with Gasteiger partial charge in [-0.15, -0.1) is 0 Å². The molecule has 2 N–H and O–H groups in total. The van der Waals surface area contributed by atoms with E-state index < -0.39 is 9.84 Å². The van der Waals surface area contributed by atoms with E-state index in [-0.39, 0.29) is 23.0 Å². The number of likely N-dealkylation sites (tertiary alicyclic amines) is 1. The van der Waals surface area contributed by atoms with Gasteiger partial charge in [0.15, 0.2) is 9.84 Å². The second kappa shape index (κ2) is 4.94. The van der Waals surface area contributed by atoms with Crippen LogP contribution in [0.5, 0.6) is 0 Å². The smallest absolute Gasteiger partial charge is 0.237 e. The van der Waals surface area contributed by atoms with Crippen LogP contribution in [0.25, 0.3) is 0 Å². The normalized spacial score (nSPS) is 26.6. The first-order chi connectivity index (χ1) is 7.99. The zero-order valence-corrected chi connectivity index (χ0v) is 10.8. The van der Waals surface area contributed by atoms with E-state index in [1.54, 1.807) is 4.90 Å². The highest BCUT2D eigenvalue weighted by Gasteiger charge is 2.33. The molecular formula is C11H20N2O3S. The maximum atomic E-state index is 12.0. The minimum Gasteiger partial charge on any atom is -0.340 e. The van der Waals surface area contributed by atoms with Gasteiger partial charge >= 0.3 is 0 Å². The molecule has 1 aliphatic heterocycles. The van der Waals surface area contributed by atoms with Crippen molar-refractivity contribution in [3.63, 3.8) is 0 Å². The summed E-state index contributed by atoms with van der Waals surface area (Å²) in [5, 5.41) is -0.289. The molecule has 6 heteroatoms. The third-order valence-corrected chi connectivity index (χ3v) is 5.85. The molecule has 98 valence electrons. The van der Waals surface area contributed by atoms with E-state index in [0.29, 0.717) is 13.1 Å². The number of carbonyl (C=O) groups excluding carboxylic acids is 1. The zero-order chi connectivity index (χ0) is 12.5. The number of nitrogens with two attached hydrogens (primary N) is 1. The Morgan fingerprint density at radius 3 is 2.41 bits per heavy atom. The lowest BCUT2D eigenvalue weighted by Gasteiger charge is -2.17. The third kappa shape index (κ3) is 2.98. The van der Waals surface area contributed by atoms with Crippen molar-refractivity contribution in [2.24, 2.45) is 5.73 Å². The van der Waals surface area contributed by atoms with E-state index in [0.717, 1.165) is 32.1 Å². The van der Waals surface area contributed by atoms with Gasteiger partial charge in [0.2, 0.25) is 5.91 Å². The fraction of sp³-hybridized carbons (Fsp3) is 0.909. The zero-order valence-electron chi connectivity index (χ0n) is 9.97. The van der Waals surface area contributed by atoms with Gasteiger partial charge in [-0.3, -0.25) is 4.79 Å². The summed E-state index contributed by atoms with van der Waals surface area (Å²) in [4.78, 5) is 13.4. The Morgan fingerprint density at radius 2 is 1.88 bits per heavy atom. The summed E-state index contributed by atoms with van der Waals surface area (Å²) in [7, 11) is -3.25. The lowest BCUT2D eigenvalue weighted by atomic mass is 10.3. The molecule has 2 aliphatic rings. The van der Waals surface area contributed by atoms with Crippen LogP contribution in [0.15, 0.2) is 0 Å². The predicted molar refractivity (Wildman–Crippen MR) is 65.2 cm³/mol. The SMILES string of the molecule is N[C@@H]1CCN(C(=O)CS(=O)(=O)C2CCCC2)C1. The molecule has 2 fully saturated rings. The van der Waals surface area contributed by atoms with Gasteiger partial charge in [-0.2, -0.15) is 0 Å².